The molecule has 0 fully saturated rings. The quantitative estimate of drug-likeness (QED) is 0.0320. The van der Waals surface area contributed by atoms with E-state index in [2.05, 4.69) is 31.3 Å². The molecule has 0 aromatic carbocycles. The minimum atomic E-state index is -0.662. The van der Waals surface area contributed by atoms with E-state index in [0.29, 0.717) is 25.9 Å². The molecule has 0 saturated heterocycles. The lowest BCUT2D eigenvalue weighted by atomic mass is 10.0. The molecule has 0 bridgehead atoms. The summed E-state index contributed by atoms with van der Waals surface area (Å²) in [5, 5.41) is 23.4. The zero-order valence-corrected chi connectivity index (χ0v) is 54.6. The van der Waals surface area contributed by atoms with E-state index in [1.54, 1.807) is 0 Å². The number of unbranched alkanes of at least 4 members (excludes halogenated alkanes) is 57. The van der Waals surface area contributed by atoms with Crippen LogP contribution in [0.15, 0.2) is 12.2 Å². The fraction of sp³-hybridized carbons (Fsp3) is 0.946. The van der Waals surface area contributed by atoms with Crippen LogP contribution in [0.1, 0.15) is 425 Å². The second kappa shape index (κ2) is 70.1. The summed E-state index contributed by atoms with van der Waals surface area (Å²) in [7, 11) is 0. The first-order valence-electron chi connectivity index (χ1n) is 36.9. The van der Waals surface area contributed by atoms with Crippen LogP contribution in [0.4, 0.5) is 0 Å². The lowest BCUT2D eigenvalue weighted by Gasteiger charge is -2.22. The lowest BCUT2D eigenvalue weighted by Crippen LogP contribution is -2.45. The largest absolute Gasteiger partial charge is 0.466 e. The Labute approximate surface area is 501 Å². The number of rotatable bonds is 70. The number of esters is 1. The first kappa shape index (κ1) is 78.6. The lowest BCUT2D eigenvalue weighted by molar-refractivity contribution is -0.143. The summed E-state index contributed by atoms with van der Waals surface area (Å²) in [6, 6.07) is -0.539. The van der Waals surface area contributed by atoms with E-state index in [4.69, 9.17) is 4.74 Å². The number of aliphatic hydroxyl groups is 2. The highest BCUT2D eigenvalue weighted by Gasteiger charge is 2.20. The third-order valence-corrected chi connectivity index (χ3v) is 17.6. The molecular weight excluding hydrogens is 983 g/mol. The van der Waals surface area contributed by atoms with Crippen LogP contribution in [0.25, 0.3) is 0 Å². The molecule has 0 aliphatic heterocycles. The van der Waals surface area contributed by atoms with Crippen LogP contribution < -0.4 is 5.32 Å². The van der Waals surface area contributed by atoms with Crippen LogP contribution >= 0.6 is 0 Å². The van der Waals surface area contributed by atoms with E-state index >= 15 is 0 Å². The molecule has 6 nitrogen and oxygen atoms in total. The van der Waals surface area contributed by atoms with Crippen molar-refractivity contribution in [2.75, 3.05) is 13.2 Å². The van der Waals surface area contributed by atoms with Crippen molar-refractivity contribution in [2.24, 2.45) is 0 Å². The molecule has 0 aromatic rings. The van der Waals surface area contributed by atoms with Crippen LogP contribution in [0.2, 0.25) is 0 Å². The summed E-state index contributed by atoms with van der Waals surface area (Å²) in [6.45, 7) is 4.98. The molecule has 0 saturated carbocycles. The average Bonchev–Trinajstić information content (AvgIpc) is 3.46. The Hall–Kier alpha value is -1.40. The molecule has 0 rings (SSSR count). The molecule has 0 aliphatic rings. The Morgan fingerprint density at radius 1 is 0.338 bits per heavy atom. The van der Waals surface area contributed by atoms with Crippen LogP contribution in [0.5, 0.6) is 0 Å². The van der Waals surface area contributed by atoms with Crippen molar-refractivity contribution in [1.82, 2.24) is 5.32 Å². The van der Waals surface area contributed by atoms with Gasteiger partial charge in [-0.25, -0.2) is 0 Å². The van der Waals surface area contributed by atoms with Gasteiger partial charge in [0.2, 0.25) is 5.91 Å². The molecule has 0 aromatic heterocycles. The molecule has 0 radical (unpaired) electrons. The Morgan fingerprint density at radius 2 is 0.588 bits per heavy atom. The number of hydrogen-bond donors (Lipinski definition) is 3. The molecule has 476 valence electrons. The number of allylic oxidation sites excluding steroid dienone is 2. The molecule has 2 unspecified atom stereocenters. The predicted octanol–water partition coefficient (Wildman–Crippen LogP) is 23.9. The van der Waals surface area contributed by atoms with Crippen molar-refractivity contribution in [1.29, 1.82) is 0 Å². The number of hydrogen-bond acceptors (Lipinski definition) is 5. The predicted molar refractivity (Wildman–Crippen MR) is 352 cm³/mol. The van der Waals surface area contributed by atoms with Gasteiger partial charge in [-0.15, -0.1) is 0 Å². The standard InChI is InChI=1S/C74H145NO5/c1-3-5-7-9-11-13-15-17-18-19-20-21-31-34-37-40-43-46-50-54-58-62-66-72(77)71(70-76)75-73(78)67-63-59-55-51-47-44-41-38-35-32-29-27-25-23-22-24-26-28-30-33-36-39-42-45-49-53-57-61-65-69-80-74(79)68-64-60-56-52-48-16-14-12-10-8-6-4-2/h12,14,71-72,76-77H,3-11,13,15-70H2,1-2H3,(H,75,78)/b14-12-. The Morgan fingerprint density at radius 3 is 0.912 bits per heavy atom. The van der Waals surface area contributed by atoms with Gasteiger partial charge in [-0.05, 0) is 51.4 Å². The first-order valence-corrected chi connectivity index (χ1v) is 36.9. The third kappa shape index (κ3) is 65.7. The summed E-state index contributed by atoms with van der Waals surface area (Å²) in [6.07, 6.45) is 87.1. The van der Waals surface area contributed by atoms with Gasteiger partial charge in [-0.1, -0.05) is 373 Å². The zero-order chi connectivity index (χ0) is 57.8. The number of nitrogens with one attached hydrogen (secondary N) is 1. The zero-order valence-electron chi connectivity index (χ0n) is 54.6. The molecule has 80 heavy (non-hydrogen) atoms. The smallest absolute Gasteiger partial charge is 0.305 e. The van der Waals surface area contributed by atoms with E-state index in [0.717, 1.165) is 44.9 Å². The first-order chi connectivity index (χ1) is 39.5. The maximum atomic E-state index is 12.6. The van der Waals surface area contributed by atoms with Gasteiger partial charge in [-0.3, -0.25) is 9.59 Å². The topological polar surface area (TPSA) is 95.9 Å². The van der Waals surface area contributed by atoms with Crippen molar-refractivity contribution < 1.29 is 24.5 Å². The second-order valence-corrected chi connectivity index (χ2v) is 25.6. The molecular formula is C74H145NO5. The van der Waals surface area contributed by atoms with Gasteiger partial charge in [0.15, 0.2) is 0 Å². The molecule has 2 atom stereocenters. The van der Waals surface area contributed by atoms with E-state index in [1.165, 1.54) is 347 Å². The Bertz CT molecular complexity index is 1210. The van der Waals surface area contributed by atoms with Crippen LogP contribution in [0.3, 0.4) is 0 Å². The van der Waals surface area contributed by atoms with Crippen molar-refractivity contribution in [3.05, 3.63) is 12.2 Å². The number of ether oxygens (including phenoxy) is 1. The van der Waals surface area contributed by atoms with Gasteiger partial charge in [-0.2, -0.15) is 0 Å². The summed E-state index contributed by atoms with van der Waals surface area (Å²) < 4.78 is 5.48. The fourth-order valence-corrected chi connectivity index (χ4v) is 11.9. The Balaban J connectivity index is 3.34. The molecule has 0 aliphatic carbocycles. The maximum absolute atomic E-state index is 12.6. The van der Waals surface area contributed by atoms with Gasteiger partial charge in [0.1, 0.15) is 0 Å². The molecule has 1 amide bonds. The number of carbonyl (C=O) groups excluding carboxylic acids is 2. The highest BCUT2D eigenvalue weighted by molar-refractivity contribution is 5.76. The van der Waals surface area contributed by atoms with E-state index in [1.807, 2.05) is 0 Å². The highest BCUT2D eigenvalue weighted by Crippen LogP contribution is 2.20. The van der Waals surface area contributed by atoms with Gasteiger partial charge in [0, 0.05) is 12.8 Å². The van der Waals surface area contributed by atoms with Crippen molar-refractivity contribution >= 4 is 11.9 Å². The van der Waals surface area contributed by atoms with E-state index in [-0.39, 0.29) is 18.5 Å². The van der Waals surface area contributed by atoms with E-state index in [9.17, 15) is 19.8 Å². The van der Waals surface area contributed by atoms with Crippen molar-refractivity contribution in [3.8, 4) is 0 Å². The van der Waals surface area contributed by atoms with Gasteiger partial charge < -0.3 is 20.3 Å². The third-order valence-electron chi connectivity index (χ3n) is 17.6. The van der Waals surface area contributed by atoms with Crippen molar-refractivity contribution in [3.63, 3.8) is 0 Å². The summed E-state index contributed by atoms with van der Waals surface area (Å²) in [5.41, 5.74) is 0. The second-order valence-electron chi connectivity index (χ2n) is 25.6. The molecule has 0 heterocycles. The summed E-state index contributed by atoms with van der Waals surface area (Å²) in [4.78, 5) is 24.6. The minimum absolute atomic E-state index is 0.0104. The summed E-state index contributed by atoms with van der Waals surface area (Å²) in [5.74, 6) is -0.0157. The maximum Gasteiger partial charge on any atom is 0.305 e. The fourth-order valence-electron chi connectivity index (χ4n) is 11.9. The van der Waals surface area contributed by atoms with E-state index < -0.39 is 12.1 Å². The van der Waals surface area contributed by atoms with Crippen molar-refractivity contribution in [2.45, 2.75) is 437 Å². The number of carbonyl (C=O) groups is 2. The SMILES string of the molecule is CCCCC/C=C\CCCCCCCC(=O)OCCCCCCCCCCCCCCCCCCCCCCCCCCCCCCCC(=O)NC(CO)C(O)CCCCCCCCCCCCCCCCCCCCCCCC. The summed E-state index contributed by atoms with van der Waals surface area (Å²) >= 11 is 0. The molecule has 3 N–H and O–H groups in total. The minimum Gasteiger partial charge on any atom is -0.466 e. The van der Waals surface area contributed by atoms with Gasteiger partial charge in [0.25, 0.3) is 0 Å². The van der Waals surface area contributed by atoms with Gasteiger partial charge in [0.05, 0.1) is 25.4 Å². The Kier molecular flexibility index (Phi) is 68.9. The molecule has 0 spiro atoms. The van der Waals surface area contributed by atoms with Gasteiger partial charge >= 0.3 is 5.97 Å². The monoisotopic (exact) mass is 1130 g/mol. The van der Waals surface area contributed by atoms with Crippen LogP contribution in [-0.4, -0.2) is 47.4 Å². The average molecular weight is 1130 g/mol. The highest BCUT2D eigenvalue weighted by atomic mass is 16.5. The number of aliphatic hydroxyl groups excluding tert-OH is 2. The normalized spacial score (nSPS) is 12.5. The van der Waals surface area contributed by atoms with Crippen LogP contribution in [0, 0.1) is 0 Å². The van der Waals surface area contributed by atoms with Crippen LogP contribution in [-0.2, 0) is 14.3 Å². The molecule has 6 heteroatoms. The number of amides is 1.